The van der Waals surface area contributed by atoms with Crippen LogP contribution in [0.15, 0.2) is 18.2 Å². The first kappa shape index (κ1) is 18.5. The van der Waals surface area contributed by atoms with Crippen LogP contribution < -0.4 is 10.6 Å². The number of benzene rings is 1. The molecule has 0 saturated carbocycles. The number of halogens is 3. The Morgan fingerprint density at radius 2 is 2.00 bits per heavy atom. The molecule has 0 radical (unpaired) electrons. The maximum absolute atomic E-state index is 12.0. The van der Waals surface area contributed by atoms with Gasteiger partial charge < -0.3 is 15.7 Å². The minimum absolute atomic E-state index is 0. The van der Waals surface area contributed by atoms with Crippen LogP contribution in [-0.2, 0) is 4.79 Å². The second-order valence-corrected chi connectivity index (χ2v) is 5.92. The molecule has 118 valence electrons. The summed E-state index contributed by atoms with van der Waals surface area (Å²) in [6.07, 6.45) is -0.910. The molecule has 1 aromatic rings. The van der Waals surface area contributed by atoms with Crippen molar-refractivity contribution in [2.24, 2.45) is 11.8 Å². The van der Waals surface area contributed by atoms with Gasteiger partial charge in [0.15, 0.2) is 0 Å². The first-order chi connectivity index (χ1) is 9.50. The molecule has 1 amide bonds. The summed E-state index contributed by atoms with van der Waals surface area (Å²) < 4.78 is 0. The summed E-state index contributed by atoms with van der Waals surface area (Å²) >= 11 is 12.0. The SMILES string of the molecule is CC(C(=O)NCC(O)c1c(Cl)cccc1Cl)C1CNC1.Cl. The normalized spacial score (nSPS) is 17.3. The van der Waals surface area contributed by atoms with E-state index in [1.807, 2.05) is 6.92 Å². The van der Waals surface area contributed by atoms with Gasteiger partial charge in [-0.2, -0.15) is 0 Å². The average Bonchev–Trinajstić information content (AvgIpc) is 2.33. The molecule has 1 heterocycles. The Morgan fingerprint density at radius 1 is 1.43 bits per heavy atom. The molecule has 0 bridgehead atoms. The van der Waals surface area contributed by atoms with Crippen molar-refractivity contribution in [1.82, 2.24) is 10.6 Å². The summed E-state index contributed by atoms with van der Waals surface area (Å²) in [5, 5.41) is 16.8. The largest absolute Gasteiger partial charge is 0.386 e. The van der Waals surface area contributed by atoms with Crippen molar-refractivity contribution in [2.45, 2.75) is 13.0 Å². The van der Waals surface area contributed by atoms with Gasteiger partial charge in [0.25, 0.3) is 0 Å². The topological polar surface area (TPSA) is 61.4 Å². The first-order valence-corrected chi connectivity index (χ1v) is 7.36. The Labute approximate surface area is 140 Å². The lowest BCUT2D eigenvalue weighted by molar-refractivity contribution is -0.127. The van der Waals surface area contributed by atoms with Gasteiger partial charge in [-0.1, -0.05) is 36.2 Å². The fourth-order valence-corrected chi connectivity index (χ4v) is 2.82. The lowest BCUT2D eigenvalue weighted by Crippen LogP contribution is -2.50. The smallest absolute Gasteiger partial charge is 0.223 e. The number of rotatable bonds is 5. The molecule has 7 heteroatoms. The van der Waals surface area contributed by atoms with Crippen molar-refractivity contribution >= 4 is 41.5 Å². The van der Waals surface area contributed by atoms with Gasteiger partial charge in [-0.25, -0.2) is 0 Å². The number of nitrogens with one attached hydrogen (secondary N) is 2. The third kappa shape index (κ3) is 4.47. The number of hydrogen-bond donors (Lipinski definition) is 3. The van der Waals surface area contributed by atoms with Gasteiger partial charge >= 0.3 is 0 Å². The Morgan fingerprint density at radius 3 is 2.48 bits per heavy atom. The monoisotopic (exact) mass is 352 g/mol. The molecule has 0 aliphatic carbocycles. The highest BCUT2D eigenvalue weighted by Crippen LogP contribution is 2.29. The molecule has 1 aliphatic rings. The maximum Gasteiger partial charge on any atom is 0.223 e. The molecule has 1 aliphatic heterocycles. The molecule has 0 aromatic heterocycles. The van der Waals surface area contributed by atoms with Crippen LogP contribution in [0.25, 0.3) is 0 Å². The van der Waals surface area contributed by atoms with Crippen molar-refractivity contribution in [3.05, 3.63) is 33.8 Å². The van der Waals surface area contributed by atoms with E-state index < -0.39 is 6.10 Å². The quantitative estimate of drug-likeness (QED) is 0.762. The van der Waals surface area contributed by atoms with Gasteiger partial charge in [-0.05, 0) is 31.1 Å². The van der Waals surface area contributed by atoms with Gasteiger partial charge in [0.2, 0.25) is 5.91 Å². The van der Waals surface area contributed by atoms with E-state index in [0.29, 0.717) is 21.5 Å². The molecular weight excluding hydrogens is 335 g/mol. The summed E-state index contributed by atoms with van der Waals surface area (Å²) in [5.74, 6) is 0.250. The molecule has 3 N–H and O–H groups in total. The molecule has 0 spiro atoms. The van der Waals surface area contributed by atoms with Crippen LogP contribution in [0.5, 0.6) is 0 Å². The second-order valence-electron chi connectivity index (χ2n) is 5.10. The lowest BCUT2D eigenvalue weighted by atomic mass is 9.88. The minimum atomic E-state index is -0.910. The van der Waals surface area contributed by atoms with Crippen molar-refractivity contribution < 1.29 is 9.90 Å². The van der Waals surface area contributed by atoms with Crippen LogP contribution >= 0.6 is 35.6 Å². The third-order valence-electron chi connectivity index (χ3n) is 3.74. The molecule has 2 rings (SSSR count). The van der Waals surface area contributed by atoms with Crippen LogP contribution in [-0.4, -0.2) is 30.6 Å². The van der Waals surface area contributed by atoms with E-state index in [4.69, 9.17) is 23.2 Å². The molecular formula is C14H19Cl3N2O2. The van der Waals surface area contributed by atoms with Gasteiger partial charge in [0.05, 0.1) is 6.10 Å². The van der Waals surface area contributed by atoms with Crippen molar-refractivity contribution in [3.63, 3.8) is 0 Å². The Bertz CT molecular complexity index is 475. The zero-order valence-corrected chi connectivity index (χ0v) is 13.9. The maximum atomic E-state index is 12.0. The first-order valence-electron chi connectivity index (χ1n) is 6.61. The highest BCUT2D eigenvalue weighted by molar-refractivity contribution is 6.36. The highest BCUT2D eigenvalue weighted by atomic mass is 35.5. The number of aliphatic hydroxyl groups excluding tert-OH is 1. The summed E-state index contributed by atoms with van der Waals surface area (Å²) in [7, 11) is 0. The number of amides is 1. The predicted octanol–water partition coefficient (Wildman–Crippen LogP) is 2.42. The van der Waals surface area contributed by atoms with E-state index in [1.54, 1.807) is 18.2 Å². The van der Waals surface area contributed by atoms with Crippen molar-refractivity contribution in [2.75, 3.05) is 19.6 Å². The van der Waals surface area contributed by atoms with E-state index in [0.717, 1.165) is 13.1 Å². The summed E-state index contributed by atoms with van der Waals surface area (Å²) in [5.41, 5.74) is 0.453. The predicted molar refractivity (Wildman–Crippen MR) is 87.2 cm³/mol. The zero-order valence-electron chi connectivity index (χ0n) is 11.6. The van der Waals surface area contributed by atoms with Crippen molar-refractivity contribution in [1.29, 1.82) is 0 Å². The van der Waals surface area contributed by atoms with E-state index in [9.17, 15) is 9.90 Å². The van der Waals surface area contributed by atoms with E-state index in [2.05, 4.69) is 10.6 Å². The van der Waals surface area contributed by atoms with Crippen LogP contribution in [0, 0.1) is 11.8 Å². The third-order valence-corrected chi connectivity index (χ3v) is 4.40. The van der Waals surface area contributed by atoms with Gasteiger partial charge in [0.1, 0.15) is 0 Å². The average molecular weight is 354 g/mol. The fourth-order valence-electron chi connectivity index (χ4n) is 2.17. The molecule has 2 atom stereocenters. The second kappa shape index (κ2) is 8.20. The molecule has 2 unspecified atom stereocenters. The van der Waals surface area contributed by atoms with Crippen LogP contribution in [0.1, 0.15) is 18.6 Å². The standard InChI is InChI=1S/C14H18Cl2N2O2.ClH/c1-8(9-5-17-6-9)14(20)18-7-12(19)13-10(15)3-2-4-11(13)16;/h2-4,8-9,12,17,19H,5-7H2,1H3,(H,18,20);1H. The minimum Gasteiger partial charge on any atom is -0.386 e. The van der Waals surface area contributed by atoms with E-state index >= 15 is 0 Å². The van der Waals surface area contributed by atoms with Crippen LogP contribution in [0.3, 0.4) is 0 Å². The Kier molecular flexibility index (Phi) is 7.24. The molecule has 1 fully saturated rings. The number of aliphatic hydroxyl groups is 1. The zero-order chi connectivity index (χ0) is 14.7. The van der Waals surface area contributed by atoms with Crippen molar-refractivity contribution in [3.8, 4) is 0 Å². The van der Waals surface area contributed by atoms with E-state index in [1.165, 1.54) is 0 Å². The molecule has 1 aromatic carbocycles. The van der Waals surface area contributed by atoms with Gasteiger partial charge in [0, 0.05) is 28.1 Å². The summed E-state index contributed by atoms with van der Waals surface area (Å²) in [4.78, 5) is 12.0. The number of hydrogen-bond acceptors (Lipinski definition) is 3. The fraction of sp³-hybridized carbons (Fsp3) is 0.500. The Balaban J connectivity index is 0.00000220. The molecule has 4 nitrogen and oxygen atoms in total. The summed E-state index contributed by atoms with van der Waals surface area (Å²) in [6.45, 7) is 3.74. The van der Waals surface area contributed by atoms with Crippen LogP contribution in [0.4, 0.5) is 0 Å². The van der Waals surface area contributed by atoms with Gasteiger partial charge in [-0.15, -0.1) is 12.4 Å². The molecule has 21 heavy (non-hydrogen) atoms. The van der Waals surface area contributed by atoms with Crippen LogP contribution in [0.2, 0.25) is 10.0 Å². The lowest BCUT2D eigenvalue weighted by Gasteiger charge is -2.32. The number of carbonyl (C=O) groups is 1. The highest BCUT2D eigenvalue weighted by Gasteiger charge is 2.29. The Hall–Kier alpha value is -0.520. The summed E-state index contributed by atoms with van der Waals surface area (Å²) in [6, 6.07) is 5.04. The number of carbonyl (C=O) groups excluding carboxylic acids is 1. The van der Waals surface area contributed by atoms with Gasteiger partial charge in [-0.3, -0.25) is 4.79 Å². The molecule has 1 saturated heterocycles. The van der Waals surface area contributed by atoms with E-state index in [-0.39, 0.29) is 30.8 Å².